The van der Waals surface area contributed by atoms with Gasteiger partial charge in [0.25, 0.3) is 0 Å². The fourth-order valence-electron chi connectivity index (χ4n) is 0.170. The van der Waals surface area contributed by atoms with Crippen LogP contribution in [0.2, 0.25) is 0 Å². The molecule has 0 unspecified atom stereocenters. The molecule has 0 radical (unpaired) electrons. The second-order valence-corrected chi connectivity index (χ2v) is 6.41. The van der Waals surface area contributed by atoms with E-state index >= 15 is 0 Å². The fourth-order valence-corrected chi connectivity index (χ4v) is 1.53. The quantitative estimate of drug-likeness (QED) is 0.395. The molecule has 0 heterocycles. The topological polar surface area (TPSA) is 115 Å². The maximum atomic E-state index is 12.3. The molecule has 0 saturated carbocycles. The molecule has 0 aliphatic rings. The summed E-state index contributed by atoms with van der Waals surface area (Å²) in [5.74, 6) is 0. The third kappa shape index (κ3) is 2.23. The van der Waals surface area contributed by atoms with E-state index in [9.17, 15) is 13.5 Å². The standard InChI is InChI=1S/CH4ClFO6P2/c2-1(3,10(4,5)6)11(7,8)9/h(H2,4,5,6)(H2,7,8,9)/i3-1. The van der Waals surface area contributed by atoms with Crippen molar-refractivity contribution < 1.29 is 33.1 Å². The molecule has 0 aromatic heterocycles. The smallest absolute Gasteiger partial charge is 0.321 e. The lowest BCUT2D eigenvalue weighted by atomic mass is 11.7. The summed E-state index contributed by atoms with van der Waals surface area (Å²) in [5, 5.41) is 0. The first-order valence-corrected chi connectivity index (χ1v) is 5.59. The number of rotatable bonds is 2. The Bertz CT molecular complexity index is 213. The molecule has 0 fully saturated rings. The lowest BCUT2D eigenvalue weighted by Crippen LogP contribution is -2.14. The third-order valence-electron chi connectivity index (χ3n) is 0.701. The Kier molecular flexibility index (Phi) is 2.91. The van der Waals surface area contributed by atoms with Crippen molar-refractivity contribution >= 4 is 26.8 Å². The van der Waals surface area contributed by atoms with Crippen molar-refractivity contribution in [3.8, 4) is 0 Å². The van der Waals surface area contributed by atoms with Crippen LogP contribution in [0.5, 0.6) is 0 Å². The van der Waals surface area contributed by atoms with Gasteiger partial charge < -0.3 is 19.6 Å². The number of alkyl halides is 2. The zero-order valence-electron chi connectivity index (χ0n) is 4.76. The molecule has 10 heteroatoms. The molecule has 0 aliphatic heterocycles. The number of hydrogen-bond donors (Lipinski definition) is 4. The van der Waals surface area contributed by atoms with Gasteiger partial charge in [-0.25, -0.2) is 0 Å². The SMILES string of the molecule is O=P(O)(O)C([18F])(Cl)P(=O)(O)O. The van der Waals surface area contributed by atoms with Gasteiger partial charge in [0.05, 0.1) is 0 Å². The van der Waals surface area contributed by atoms with Crippen LogP contribution in [0.1, 0.15) is 0 Å². The highest BCUT2D eigenvalue weighted by Gasteiger charge is 2.60. The molecule has 6 nitrogen and oxygen atoms in total. The van der Waals surface area contributed by atoms with E-state index in [-0.39, 0.29) is 0 Å². The van der Waals surface area contributed by atoms with Gasteiger partial charge in [-0.2, -0.15) is 4.39 Å². The van der Waals surface area contributed by atoms with Crippen LogP contribution in [-0.2, 0) is 9.13 Å². The van der Waals surface area contributed by atoms with E-state index in [0.29, 0.717) is 0 Å². The highest BCUT2D eigenvalue weighted by atomic mass is 35.5. The Morgan fingerprint density at radius 1 is 1.09 bits per heavy atom. The van der Waals surface area contributed by atoms with Crippen molar-refractivity contribution in [1.29, 1.82) is 0 Å². The Morgan fingerprint density at radius 3 is 1.27 bits per heavy atom. The predicted octanol–water partition coefficient (Wildman–Crippen LogP) is 0.161. The van der Waals surface area contributed by atoms with E-state index in [1.807, 2.05) is 0 Å². The van der Waals surface area contributed by atoms with E-state index in [1.165, 1.54) is 0 Å². The Labute approximate surface area is 65.3 Å². The average molecular weight is 227 g/mol. The molecule has 0 atom stereocenters. The molecular formula is CH4ClFO6P2. The van der Waals surface area contributed by atoms with Crippen LogP contribution in [0, 0.1) is 0 Å². The van der Waals surface area contributed by atoms with E-state index in [4.69, 9.17) is 19.6 Å². The van der Waals surface area contributed by atoms with Gasteiger partial charge in [-0.05, 0) is 0 Å². The van der Waals surface area contributed by atoms with Crippen LogP contribution in [0.15, 0.2) is 0 Å². The van der Waals surface area contributed by atoms with Crippen molar-refractivity contribution in [2.45, 2.75) is 4.61 Å². The monoisotopic (exact) mass is 227 g/mol. The van der Waals surface area contributed by atoms with Crippen LogP contribution in [-0.4, -0.2) is 24.2 Å². The van der Waals surface area contributed by atoms with E-state index < -0.39 is 19.8 Å². The van der Waals surface area contributed by atoms with Gasteiger partial charge in [-0.15, -0.1) is 0 Å². The van der Waals surface area contributed by atoms with Crippen molar-refractivity contribution in [2.75, 3.05) is 0 Å². The second kappa shape index (κ2) is 2.78. The lowest BCUT2D eigenvalue weighted by Gasteiger charge is -2.19. The highest BCUT2D eigenvalue weighted by Crippen LogP contribution is 2.72. The molecule has 4 N–H and O–H groups in total. The summed E-state index contributed by atoms with van der Waals surface area (Å²) in [5.41, 5.74) is 0. The largest absolute Gasteiger partial charge is 0.390 e. The first-order valence-electron chi connectivity index (χ1n) is 1.99. The third-order valence-corrected chi connectivity index (χ3v) is 4.99. The van der Waals surface area contributed by atoms with Crippen molar-refractivity contribution in [3.63, 3.8) is 0 Å². The molecule has 0 spiro atoms. The fraction of sp³-hybridized carbons (Fsp3) is 1.00. The first-order chi connectivity index (χ1) is 4.50. The molecule has 0 bridgehead atoms. The van der Waals surface area contributed by atoms with Gasteiger partial charge in [0.1, 0.15) is 0 Å². The summed E-state index contributed by atoms with van der Waals surface area (Å²) in [6.07, 6.45) is 0. The molecule has 11 heavy (non-hydrogen) atoms. The maximum Gasteiger partial charge on any atom is 0.390 e. The van der Waals surface area contributed by atoms with Crippen LogP contribution >= 0.6 is 26.8 Å². The average Bonchev–Trinajstić information content (AvgIpc) is 1.58. The molecule has 0 saturated heterocycles. The summed E-state index contributed by atoms with van der Waals surface area (Å²) in [7, 11) is -11.3. The van der Waals surface area contributed by atoms with Crippen molar-refractivity contribution in [2.24, 2.45) is 0 Å². The zero-order chi connectivity index (χ0) is 9.50. The zero-order valence-corrected chi connectivity index (χ0v) is 7.30. The van der Waals surface area contributed by atoms with E-state index in [2.05, 4.69) is 11.6 Å². The van der Waals surface area contributed by atoms with Crippen LogP contribution < -0.4 is 0 Å². The molecule has 0 amide bonds. The second-order valence-electron chi connectivity index (χ2n) is 1.60. The number of halogens is 2. The minimum Gasteiger partial charge on any atom is -0.321 e. The van der Waals surface area contributed by atoms with Gasteiger partial charge in [0, 0.05) is 0 Å². The number of hydrogen-bond acceptors (Lipinski definition) is 2. The van der Waals surface area contributed by atoms with Gasteiger partial charge in [-0.3, -0.25) is 9.13 Å². The highest BCUT2D eigenvalue weighted by molar-refractivity contribution is 7.74. The van der Waals surface area contributed by atoms with Gasteiger partial charge in [-0.1, -0.05) is 11.6 Å². The van der Waals surface area contributed by atoms with Crippen LogP contribution in [0.25, 0.3) is 0 Å². The van der Waals surface area contributed by atoms with Crippen molar-refractivity contribution in [1.82, 2.24) is 0 Å². The first kappa shape index (κ1) is 11.5. The minimum absolute atomic E-state index is 4.30. The van der Waals surface area contributed by atoms with Gasteiger partial charge in [0.2, 0.25) is 0 Å². The summed E-state index contributed by atoms with van der Waals surface area (Å²) in [6, 6.07) is 0. The predicted molar refractivity (Wildman–Crippen MR) is 33.8 cm³/mol. The van der Waals surface area contributed by atoms with Crippen LogP contribution in [0.4, 0.5) is 4.39 Å². The van der Waals surface area contributed by atoms with Crippen molar-refractivity contribution in [3.05, 3.63) is 0 Å². The summed E-state index contributed by atoms with van der Waals surface area (Å²) in [4.78, 5) is 32.0. The van der Waals surface area contributed by atoms with Gasteiger partial charge >= 0.3 is 19.8 Å². The molecule has 0 aliphatic carbocycles. The Hall–Kier alpha value is 0.520. The molecule has 68 valence electrons. The Morgan fingerprint density at radius 2 is 1.27 bits per heavy atom. The molecule has 0 rings (SSSR count). The molecule has 0 aromatic carbocycles. The lowest BCUT2D eigenvalue weighted by molar-refractivity contribution is 0.273. The summed E-state index contributed by atoms with van der Waals surface area (Å²) < 4.78 is 28.0. The van der Waals surface area contributed by atoms with Crippen LogP contribution in [0.3, 0.4) is 0 Å². The summed E-state index contributed by atoms with van der Waals surface area (Å²) in [6.45, 7) is 0. The summed E-state index contributed by atoms with van der Waals surface area (Å²) >= 11 is 4.30. The molecule has 0 aromatic rings. The molecular weight excluding hydrogens is 223 g/mol. The van der Waals surface area contributed by atoms with E-state index in [1.54, 1.807) is 0 Å². The maximum absolute atomic E-state index is 12.3. The normalized spacial score (nSPS) is 15.1. The van der Waals surface area contributed by atoms with E-state index in [0.717, 1.165) is 0 Å². The minimum atomic E-state index is -5.65. The Balaban J connectivity index is 5.08. The van der Waals surface area contributed by atoms with Gasteiger partial charge in [0.15, 0.2) is 0 Å².